The van der Waals surface area contributed by atoms with Crippen molar-refractivity contribution in [2.45, 2.75) is 38.5 Å². The van der Waals surface area contributed by atoms with E-state index in [1.807, 2.05) is 74.5 Å². The van der Waals surface area contributed by atoms with Gasteiger partial charge in [-0.15, -0.1) is 11.8 Å². The molecule has 4 rings (SSSR count). The van der Waals surface area contributed by atoms with Crippen LogP contribution in [0.25, 0.3) is 6.08 Å². The van der Waals surface area contributed by atoms with Crippen LogP contribution in [0.15, 0.2) is 108 Å². The number of anilines is 2. The molecule has 0 aromatic heterocycles. The molecule has 7 heteroatoms. The van der Waals surface area contributed by atoms with Crippen molar-refractivity contribution < 1.29 is 14.4 Å². The zero-order valence-electron chi connectivity index (χ0n) is 24.2. The fraction of sp³-hybridized carbons (Fsp3) is 0.171. The number of amides is 3. The molecule has 4 aromatic carbocycles. The van der Waals surface area contributed by atoms with E-state index in [2.05, 4.69) is 29.8 Å². The molecule has 0 saturated carbocycles. The van der Waals surface area contributed by atoms with Gasteiger partial charge < -0.3 is 16.0 Å². The third-order valence-corrected chi connectivity index (χ3v) is 7.60. The average molecular weight is 578 g/mol. The van der Waals surface area contributed by atoms with Crippen molar-refractivity contribution in [1.29, 1.82) is 0 Å². The first-order valence-corrected chi connectivity index (χ1v) is 14.8. The summed E-state index contributed by atoms with van der Waals surface area (Å²) in [5.41, 5.74) is 6.05. The summed E-state index contributed by atoms with van der Waals surface area (Å²) in [5.74, 6) is -0.261. The Morgan fingerprint density at radius 2 is 1.50 bits per heavy atom. The third kappa shape index (κ3) is 8.69. The Morgan fingerprint density at radius 1 is 0.810 bits per heavy atom. The zero-order valence-corrected chi connectivity index (χ0v) is 25.0. The van der Waals surface area contributed by atoms with Crippen LogP contribution in [0, 0.1) is 13.8 Å². The third-order valence-electron chi connectivity index (χ3n) is 6.59. The number of thioether (sulfide) groups is 1. The summed E-state index contributed by atoms with van der Waals surface area (Å²) in [5, 5.41) is 8.62. The van der Waals surface area contributed by atoms with Gasteiger partial charge in [0.25, 0.3) is 11.8 Å². The topological polar surface area (TPSA) is 87.3 Å². The maximum Gasteiger partial charge on any atom is 0.272 e. The van der Waals surface area contributed by atoms with Crippen LogP contribution < -0.4 is 16.0 Å². The summed E-state index contributed by atoms with van der Waals surface area (Å²) in [6, 6.07) is 29.9. The molecule has 3 amide bonds. The fourth-order valence-corrected chi connectivity index (χ4v) is 4.82. The number of aryl methyl sites for hydroxylation is 2. The Labute approximate surface area is 251 Å². The van der Waals surface area contributed by atoms with Gasteiger partial charge in [-0.2, -0.15) is 0 Å². The van der Waals surface area contributed by atoms with Crippen molar-refractivity contribution in [3.8, 4) is 0 Å². The van der Waals surface area contributed by atoms with E-state index in [9.17, 15) is 14.4 Å². The lowest BCUT2D eigenvalue weighted by Gasteiger charge is -2.12. The largest absolute Gasteiger partial charge is 0.325 e. The molecule has 4 aromatic rings. The summed E-state index contributed by atoms with van der Waals surface area (Å²) < 4.78 is 0. The molecule has 0 spiro atoms. The fourth-order valence-electron chi connectivity index (χ4n) is 4.12. The predicted molar refractivity (Wildman–Crippen MR) is 173 cm³/mol. The van der Waals surface area contributed by atoms with Crippen LogP contribution in [0.2, 0.25) is 0 Å². The normalized spacial score (nSPS) is 11.2. The number of rotatable bonds is 10. The number of carbonyl (C=O) groups excluding carboxylic acids is 3. The molecule has 0 bridgehead atoms. The van der Waals surface area contributed by atoms with Crippen LogP contribution in [0.1, 0.15) is 52.4 Å². The van der Waals surface area contributed by atoms with Gasteiger partial charge in [-0.1, -0.05) is 68.4 Å². The highest BCUT2D eigenvalue weighted by molar-refractivity contribution is 8.00. The molecule has 214 valence electrons. The van der Waals surface area contributed by atoms with Crippen LogP contribution >= 0.6 is 11.8 Å². The molecule has 0 heterocycles. The van der Waals surface area contributed by atoms with Crippen molar-refractivity contribution in [3.05, 3.63) is 131 Å². The maximum atomic E-state index is 13.3. The Kier molecular flexibility index (Phi) is 10.3. The van der Waals surface area contributed by atoms with E-state index in [-0.39, 0.29) is 23.3 Å². The highest BCUT2D eigenvalue weighted by Crippen LogP contribution is 2.23. The van der Waals surface area contributed by atoms with Crippen LogP contribution in [0.4, 0.5) is 11.4 Å². The van der Waals surface area contributed by atoms with Gasteiger partial charge in [0.1, 0.15) is 5.70 Å². The molecule has 6 nitrogen and oxygen atoms in total. The number of hydrogen-bond donors (Lipinski definition) is 3. The van der Waals surface area contributed by atoms with E-state index in [0.29, 0.717) is 17.2 Å². The van der Waals surface area contributed by atoms with E-state index in [0.717, 1.165) is 27.3 Å². The number of carbonyl (C=O) groups is 3. The Morgan fingerprint density at radius 3 is 2.17 bits per heavy atom. The van der Waals surface area contributed by atoms with Crippen LogP contribution in [-0.2, 0) is 9.59 Å². The summed E-state index contributed by atoms with van der Waals surface area (Å²) in [4.78, 5) is 39.6. The molecule has 0 atom stereocenters. The minimum atomic E-state index is -0.444. The Balaban J connectivity index is 1.42. The molecule has 0 aliphatic rings. The van der Waals surface area contributed by atoms with Crippen molar-refractivity contribution in [2.75, 3.05) is 16.4 Å². The van der Waals surface area contributed by atoms with E-state index >= 15 is 0 Å². The van der Waals surface area contributed by atoms with Gasteiger partial charge in [0, 0.05) is 21.8 Å². The SMILES string of the molecule is Cc1ccc(C)c(NC(=O)CSc2ccc(NC(=O)/C(=C/c3ccc(C(C)C)cc3)NC(=O)c3ccccc3)cc2)c1. The van der Waals surface area contributed by atoms with Crippen molar-refractivity contribution >= 4 is 46.9 Å². The van der Waals surface area contributed by atoms with Crippen LogP contribution in [0.5, 0.6) is 0 Å². The van der Waals surface area contributed by atoms with Gasteiger partial charge in [0.15, 0.2) is 0 Å². The Hall–Kier alpha value is -4.62. The average Bonchev–Trinajstić information content (AvgIpc) is 2.99. The second-order valence-corrected chi connectivity index (χ2v) is 11.4. The predicted octanol–water partition coefficient (Wildman–Crippen LogP) is 7.57. The maximum absolute atomic E-state index is 13.3. The molecule has 0 unspecified atom stereocenters. The second-order valence-electron chi connectivity index (χ2n) is 10.3. The van der Waals surface area contributed by atoms with Gasteiger partial charge in [0.2, 0.25) is 5.91 Å². The summed E-state index contributed by atoms with van der Waals surface area (Å²) in [6.45, 7) is 8.19. The van der Waals surface area contributed by atoms with Gasteiger partial charge >= 0.3 is 0 Å². The number of benzene rings is 4. The number of nitrogens with one attached hydrogen (secondary N) is 3. The lowest BCUT2D eigenvalue weighted by atomic mass is 10.0. The van der Waals surface area contributed by atoms with E-state index < -0.39 is 5.91 Å². The molecule has 0 aliphatic heterocycles. The molecule has 0 saturated heterocycles. The Bertz CT molecular complexity index is 1580. The van der Waals surface area contributed by atoms with Gasteiger partial charge in [0.05, 0.1) is 5.75 Å². The molecule has 3 N–H and O–H groups in total. The highest BCUT2D eigenvalue weighted by atomic mass is 32.2. The quantitative estimate of drug-likeness (QED) is 0.134. The minimum absolute atomic E-state index is 0.0866. The smallest absolute Gasteiger partial charge is 0.272 e. The standard InChI is InChI=1S/C35H35N3O3S/c1-23(2)27-14-12-26(13-15-27)21-32(38-34(40)28-8-6-5-7-9-28)35(41)36-29-16-18-30(19-17-29)42-22-33(39)37-31-20-24(3)10-11-25(31)4/h5-21,23H,22H2,1-4H3,(H,36,41)(H,37,39)(H,38,40)/b32-21-. The highest BCUT2D eigenvalue weighted by Gasteiger charge is 2.15. The number of hydrogen-bond acceptors (Lipinski definition) is 4. The summed E-state index contributed by atoms with van der Waals surface area (Å²) >= 11 is 1.41. The summed E-state index contributed by atoms with van der Waals surface area (Å²) in [6.07, 6.45) is 1.67. The van der Waals surface area contributed by atoms with Gasteiger partial charge in [-0.3, -0.25) is 14.4 Å². The van der Waals surface area contributed by atoms with Crippen molar-refractivity contribution in [3.63, 3.8) is 0 Å². The lowest BCUT2D eigenvalue weighted by Crippen LogP contribution is -2.30. The van der Waals surface area contributed by atoms with Crippen LogP contribution in [-0.4, -0.2) is 23.5 Å². The van der Waals surface area contributed by atoms with E-state index in [1.54, 1.807) is 42.5 Å². The van der Waals surface area contributed by atoms with Crippen LogP contribution in [0.3, 0.4) is 0 Å². The molecular formula is C35H35N3O3S. The molecule has 0 fully saturated rings. The van der Waals surface area contributed by atoms with Crippen molar-refractivity contribution in [2.24, 2.45) is 0 Å². The second kappa shape index (κ2) is 14.3. The van der Waals surface area contributed by atoms with E-state index in [1.165, 1.54) is 17.3 Å². The first-order chi connectivity index (χ1) is 20.2. The first kappa shape index (κ1) is 30.3. The molecule has 0 radical (unpaired) electrons. The molecule has 0 aliphatic carbocycles. The summed E-state index contributed by atoms with van der Waals surface area (Å²) in [7, 11) is 0. The van der Waals surface area contributed by atoms with Gasteiger partial charge in [-0.25, -0.2) is 0 Å². The minimum Gasteiger partial charge on any atom is -0.325 e. The zero-order chi connectivity index (χ0) is 30.1. The molecule has 42 heavy (non-hydrogen) atoms. The molecular weight excluding hydrogens is 542 g/mol. The first-order valence-electron chi connectivity index (χ1n) is 13.8. The van der Waals surface area contributed by atoms with Gasteiger partial charge in [-0.05, 0) is 90.6 Å². The monoisotopic (exact) mass is 577 g/mol. The lowest BCUT2D eigenvalue weighted by molar-refractivity contribution is -0.114. The van der Waals surface area contributed by atoms with E-state index in [4.69, 9.17) is 0 Å². The van der Waals surface area contributed by atoms with Crippen molar-refractivity contribution in [1.82, 2.24) is 5.32 Å².